The molecule has 0 saturated carbocycles. The second-order valence-electron chi connectivity index (χ2n) is 7.54. The number of hydrogen-bond acceptors (Lipinski definition) is 5. The van der Waals surface area contributed by atoms with E-state index in [1.54, 1.807) is 6.07 Å². The molecule has 2 saturated heterocycles. The van der Waals surface area contributed by atoms with Gasteiger partial charge in [-0.3, -0.25) is 4.90 Å². The van der Waals surface area contributed by atoms with E-state index in [1.165, 1.54) is 18.5 Å². The summed E-state index contributed by atoms with van der Waals surface area (Å²) in [6, 6.07) is 5.43. The number of piperazine rings is 1. The van der Waals surface area contributed by atoms with E-state index < -0.39 is 17.6 Å². The molecule has 1 aromatic carbocycles. The van der Waals surface area contributed by atoms with Crippen molar-refractivity contribution in [1.82, 2.24) is 14.9 Å². The maximum Gasteiger partial charge on any atom is 0.416 e. The van der Waals surface area contributed by atoms with Gasteiger partial charge in [0.25, 0.3) is 0 Å². The van der Waals surface area contributed by atoms with Crippen molar-refractivity contribution < 1.29 is 22.3 Å². The molecule has 3 atom stereocenters. The number of halogens is 4. The quantitative estimate of drug-likeness (QED) is 0.721. The first-order chi connectivity index (χ1) is 13.8. The van der Waals surface area contributed by atoms with E-state index >= 15 is 0 Å². The van der Waals surface area contributed by atoms with Crippen molar-refractivity contribution in [2.75, 3.05) is 24.5 Å². The van der Waals surface area contributed by atoms with E-state index in [-0.39, 0.29) is 23.9 Å². The Morgan fingerprint density at radius 3 is 2.59 bits per heavy atom. The number of ether oxygens (including phenoxy) is 1. The summed E-state index contributed by atoms with van der Waals surface area (Å²) in [5.41, 5.74) is -0.703. The average Bonchev–Trinajstić information content (AvgIpc) is 2.69. The van der Waals surface area contributed by atoms with Crippen LogP contribution >= 0.6 is 0 Å². The lowest BCUT2D eigenvalue weighted by molar-refractivity contribution is -0.137. The van der Waals surface area contributed by atoms with Gasteiger partial charge in [-0.15, -0.1) is 0 Å². The smallest absolute Gasteiger partial charge is 0.416 e. The first kappa shape index (κ1) is 19.9. The Morgan fingerprint density at radius 1 is 1.10 bits per heavy atom. The van der Waals surface area contributed by atoms with Gasteiger partial charge in [0, 0.05) is 31.7 Å². The summed E-state index contributed by atoms with van der Waals surface area (Å²) in [7, 11) is 0. The van der Waals surface area contributed by atoms with E-state index in [1.807, 2.05) is 0 Å². The van der Waals surface area contributed by atoms with Crippen molar-refractivity contribution in [3.05, 3.63) is 48.0 Å². The van der Waals surface area contributed by atoms with E-state index in [4.69, 9.17) is 4.74 Å². The summed E-state index contributed by atoms with van der Waals surface area (Å²) < 4.78 is 57.7. The summed E-state index contributed by atoms with van der Waals surface area (Å²) in [5, 5.41) is 0. The van der Waals surface area contributed by atoms with Crippen LogP contribution in [0.1, 0.15) is 25.3 Å². The minimum atomic E-state index is -4.38. The highest BCUT2D eigenvalue weighted by Gasteiger charge is 2.39. The highest BCUT2D eigenvalue weighted by Crippen LogP contribution is 2.33. The predicted octanol–water partition coefficient (Wildman–Crippen LogP) is 3.76. The monoisotopic (exact) mass is 410 g/mol. The number of alkyl halides is 3. The molecule has 2 fully saturated rings. The van der Waals surface area contributed by atoms with Gasteiger partial charge in [-0.05, 0) is 38.0 Å². The maximum atomic E-state index is 13.1. The number of piperidine rings is 1. The average molecular weight is 410 g/mol. The van der Waals surface area contributed by atoms with Gasteiger partial charge in [-0.25, -0.2) is 14.4 Å². The molecular weight excluding hydrogens is 388 g/mol. The molecule has 29 heavy (non-hydrogen) atoms. The van der Waals surface area contributed by atoms with Crippen molar-refractivity contribution in [3.8, 4) is 5.75 Å². The molecule has 0 aliphatic carbocycles. The second kappa shape index (κ2) is 7.78. The second-order valence-corrected chi connectivity index (χ2v) is 7.54. The summed E-state index contributed by atoms with van der Waals surface area (Å²) in [4.78, 5) is 12.6. The lowest BCUT2D eigenvalue weighted by Crippen LogP contribution is -2.62. The minimum absolute atomic E-state index is 0.142. The van der Waals surface area contributed by atoms with Crippen LogP contribution in [0, 0.1) is 5.82 Å². The first-order valence-corrected chi connectivity index (χ1v) is 9.63. The number of hydrogen-bond donors (Lipinski definition) is 0. The number of aromatic nitrogens is 2. The number of fused-ring (bicyclic) bond motifs is 1. The Hall–Kier alpha value is -2.42. The first-order valence-electron chi connectivity index (χ1n) is 9.63. The van der Waals surface area contributed by atoms with E-state index in [0.717, 1.165) is 31.5 Å². The fourth-order valence-electron chi connectivity index (χ4n) is 4.25. The van der Waals surface area contributed by atoms with Gasteiger partial charge in [0.2, 0.25) is 5.95 Å². The third-order valence-corrected chi connectivity index (χ3v) is 5.70. The van der Waals surface area contributed by atoms with Crippen LogP contribution in [0.4, 0.5) is 23.5 Å². The molecule has 2 aliphatic rings. The van der Waals surface area contributed by atoms with Gasteiger partial charge < -0.3 is 9.64 Å². The Morgan fingerprint density at radius 2 is 1.86 bits per heavy atom. The van der Waals surface area contributed by atoms with Crippen LogP contribution in [0.15, 0.2) is 36.7 Å². The molecule has 0 spiro atoms. The standard InChI is InChI=1S/C20H22F4N4O/c1-13-18-6-5-17(29-16-4-2-3-14(9-16)20(22,23)24)12-27(18)7-8-28(13)19-25-10-15(21)11-26-19/h2-4,9-11,13,17-18H,5-8,12H2,1H3/t13?,17-,18+/m1/s1. The number of anilines is 1. The van der Waals surface area contributed by atoms with Crippen LogP contribution in [0.3, 0.4) is 0 Å². The van der Waals surface area contributed by atoms with Gasteiger partial charge in [0.05, 0.1) is 18.0 Å². The van der Waals surface area contributed by atoms with Gasteiger partial charge in [-0.2, -0.15) is 13.2 Å². The summed E-state index contributed by atoms with van der Waals surface area (Å²) in [6.07, 6.45) is -0.605. The summed E-state index contributed by atoms with van der Waals surface area (Å²) in [6.45, 7) is 4.21. The molecule has 5 nitrogen and oxygen atoms in total. The summed E-state index contributed by atoms with van der Waals surface area (Å²) in [5.74, 6) is 0.294. The third kappa shape index (κ3) is 4.29. The number of benzene rings is 1. The zero-order valence-corrected chi connectivity index (χ0v) is 15.9. The maximum absolute atomic E-state index is 13.1. The highest BCUT2D eigenvalue weighted by molar-refractivity contribution is 5.33. The van der Waals surface area contributed by atoms with Crippen molar-refractivity contribution in [2.45, 2.75) is 44.1 Å². The largest absolute Gasteiger partial charge is 0.489 e. The SMILES string of the molecule is CC1[C@@H]2CC[C@@H](Oc3cccc(C(F)(F)F)c3)CN2CCN1c1ncc(F)cn1. The molecule has 0 amide bonds. The fourth-order valence-corrected chi connectivity index (χ4v) is 4.25. The topological polar surface area (TPSA) is 41.5 Å². The summed E-state index contributed by atoms with van der Waals surface area (Å²) >= 11 is 0. The normalized spacial score (nSPS) is 25.6. The zero-order chi connectivity index (χ0) is 20.6. The molecule has 4 rings (SSSR count). The van der Waals surface area contributed by atoms with Crippen LogP contribution in [0.2, 0.25) is 0 Å². The Kier molecular flexibility index (Phi) is 5.33. The van der Waals surface area contributed by atoms with Crippen LogP contribution in [0.5, 0.6) is 5.75 Å². The molecule has 156 valence electrons. The van der Waals surface area contributed by atoms with Crippen molar-refractivity contribution >= 4 is 5.95 Å². The van der Waals surface area contributed by atoms with Crippen LogP contribution in [0.25, 0.3) is 0 Å². The molecule has 1 unspecified atom stereocenters. The van der Waals surface area contributed by atoms with E-state index in [9.17, 15) is 17.6 Å². The predicted molar refractivity (Wildman–Crippen MR) is 99.3 cm³/mol. The zero-order valence-electron chi connectivity index (χ0n) is 15.9. The van der Waals surface area contributed by atoms with Crippen molar-refractivity contribution in [3.63, 3.8) is 0 Å². The van der Waals surface area contributed by atoms with Crippen LogP contribution < -0.4 is 9.64 Å². The Labute approximate surface area is 166 Å². The molecule has 9 heteroatoms. The van der Waals surface area contributed by atoms with Gasteiger partial charge >= 0.3 is 6.18 Å². The molecule has 2 aliphatic heterocycles. The van der Waals surface area contributed by atoms with Crippen molar-refractivity contribution in [1.29, 1.82) is 0 Å². The molecule has 1 aromatic heterocycles. The molecule has 0 N–H and O–H groups in total. The highest BCUT2D eigenvalue weighted by atomic mass is 19.4. The van der Waals surface area contributed by atoms with Gasteiger partial charge in [0.1, 0.15) is 11.9 Å². The lowest BCUT2D eigenvalue weighted by Gasteiger charge is -2.50. The van der Waals surface area contributed by atoms with Gasteiger partial charge in [-0.1, -0.05) is 6.07 Å². The van der Waals surface area contributed by atoms with Crippen molar-refractivity contribution in [2.24, 2.45) is 0 Å². The van der Waals surface area contributed by atoms with Crippen LogP contribution in [-0.2, 0) is 6.18 Å². The molecule has 0 radical (unpaired) electrons. The number of nitrogens with zero attached hydrogens (tertiary/aromatic N) is 4. The fraction of sp³-hybridized carbons (Fsp3) is 0.500. The van der Waals surface area contributed by atoms with E-state index in [2.05, 4.69) is 26.7 Å². The molecule has 3 heterocycles. The molecule has 2 aromatic rings. The van der Waals surface area contributed by atoms with E-state index in [0.29, 0.717) is 19.0 Å². The minimum Gasteiger partial charge on any atom is -0.489 e. The third-order valence-electron chi connectivity index (χ3n) is 5.70. The lowest BCUT2D eigenvalue weighted by atomic mass is 9.92. The molecular formula is C20H22F4N4O. The Balaban J connectivity index is 1.40. The van der Waals surface area contributed by atoms with Crippen LogP contribution in [-0.4, -0.2) is 52.7 Å². The molecule has 0 bridgehead atoms. The number of rotatable bonds is 3. The van der Waals surface area contributed by atoms with Gasteiger partial charge in [0.15, 0.2) is 5.82 Å². The Bertz CT molecular complexity index is 845.